The Kier molecular flexibility index (Phi) is 29.2. The molecule has 0 aromatic heterocycles. The Labute approximate surface area is 392 Å². The van der Waals surface area contributed by atoms with Gasteiger partial charge in [-0.05, 0) is 62.9 Å². The predicted octanol–water partition coefficient (Wildman–Crippen LogP) is -6.95. The molecule has 0 aliphatic carbocycles. The molecule has 0 unspecified atom stereocenters. The van der Waals surface area contributed by atoms with Crippen LogP contribution in [0.5, 0.6) is 0 Å². The van der Waals surface area contributed by atoms with E-state index in [-0.39, 0.29) is 56.4 Å². The second kappa shape index (κ2) is 32.0. The van der Waals surface area contributed by atoms with Crippen molar-refractivity contribution in [3.05, 3.63) is 0 Å². The van der Waals surface area contributed by atoms with Crippen LogP contribution in [0.15, 0.2) is 4.99 Å². The summed E-state index contributed by atoms with van der Waals surface area (Å²) in [7, 11) is 0. The van der Waals surface area contributed by atoms with Gasteiger partial charge in [0.1, 0.15) is 42.3 Å². The quantitative estimate of drug-likeness (QED) is 0.0165. The van der Waals surface area contributed by atoms with E-state index >= 15 is 0 Å². The van der Waals surface area contributed by atoms with Crippen molar-refractivity contribution in [2.24, 2.45) is 39.8 Å². The van der Waals surface area contributed by atoms with Crippen LogP contribution in [-0.2, 0) is 47.9 Å². The maximum atomic E-state index is 13.5. The van der Waals surface area contributed by atoms with Crippen molar-refractivity contribution in [2.75, 3.05) is 38.3 Å². The van der Waals surface area contributed by atoms with E-state index in [1.54, 1.807) is 27.7 Å². The minimum absolute atomic E-state index is 0.0406. The summed E-state index contributed by atoms with van der Waals surface area (Å²) < 4.78 is 0. The number of nitrogens with one attached hydrogen (secondary N) is 8. The van der Waals surface area contributed by atoms with Gasteiger partial charge in [-0.25, -0.2) is 4.79 Å². The van der Waals surface area contributed by atoms with Crippen molar-refractivity contribution in [3.8, 4) is 0 Å². The highest BCUT2D eigenvalue weighted by Crippen LogP contribution is 2.09. The van der Waals surface area contributed by atoms with Gasteiger partial charge in [-0.3, -0.25) is 48.1 Å². The normalized spacial score (nSPS) is 15.1. The maximum absolute atomic E-state index is 13.5. The van der Waals surface area contributed by atoms with Gasteiger partial charge in [0.05, 0.1) is 38.3 Å². The van der Waals surface area contributed by atoms with E-state index in [9.17, 15) is 68.4 Å². The van der Waals surface area contributed by atoms with Crippen LogP contribution >= 0.6 is 11.8 Å². The molecule has 28 heteroatoms. The summed E-state index contributed by atoms with van der Waals surface area (Å²) in [6.07, 6.45) is -0.285. The minimum atomic E-state index is -1.90. The van der Waals surface area contributed by atoms with Gasteiger partial charge in [0.2, 0.25) is 53.2 Å². The van der Waals surface area contributed by atoms with Crippen LogP contribution in [0.2, 0.25) is 0 Å². The highest BCUT2D eigenvalue weighted by molar-refractivity contribution is 7.98. The monoisotopic (exact) mass is 977 g/mol. The molecule has 27 nitrogen and oxygen atoms in total. The molecule has 67 heavy (non-hydrogen) atoms. The summed E-state index contributed by atoms with van der Waals surface area (Å²) in [4.78, 5) is 133. The van der Waals surface area contributed by atoms with Crippen LogP contribution in [0.4, 0.5) is 0 Å². The number of guanidine groups is 1. The van der Waals surface area contributed by atoms with Crippen LogP contribution in [0.3, 0.4) is 0 Å². The molecule has 382 valence electrons. The van der Waals surface area contributed by atoms with E-state index in [1.807, 2.05) is 6.26 Å². The van der Waals surface area contributed by atoms with Crippen molar-refractivity contribution < 1.29 is 68.4 Å². The number of aliphatic carboxylic acids is 1. The summed E-state index contributed by atoms with van der Waals surface area (Å²) in [5.74, 6) is -10.6. The average Bonchev–Trinajstić information content (AvgIpc) is 3.23. The third-order valence-corrected chi connectivity index (χ3v) is 10.0. The molecule has 0 spiro atoms. The SMILES string of the molecule is CSCC[C@H](N)C(=O)N[C@@H](CO)C(=O)N[C@@H](CC(C)C)C(=O)N[C@@H](CC(N)=O)C(=O)N[C@H](C(=O)N[C@@H](CO)C(=O)NCC(=O)N[C@@H](CC(C)C)C(=O)N[C@@H](CCCN=C(N)N)C(=O)O)[C@@H](C)O. The molecule has 9 atom stereocenters. The molecule has 0 radical (unpaired) electrons. The largest absolute Gasteiger partial charge is 0.480 e. The number of rotatable bonds is 33. The zero-order valence-electron chi connectivity index (χ0n) is 38.7. The molecular weight excluding hydrogens is 907 g/mol. The smallest absolute Gasteiger partial charge is 0.326 e. The number of carboxylic acid groups (broad SMARTS) is 1. The van der Waals surface area contributed by atoms with Crippen molar-refractivity contribution in [1.29, 1.82) is 0 Å². The molecule has 20 N–H and O–H groups in total. The number of hydrogen-bond acceptors (Lipinski definition) is 16. The fraction of sp³-hybridized carbons (Fsp3) is 0.718. The number of nitrogens with two attached hydrogens (primary N) is 4. The van der Waals surface area contributed by atoms with Crippen LogP contribution < -0.4 is 65.5 Å². The third kappa shape index (κ3) is 25.0. The van der Waals surface area contributed by atoms with Crippen molar-refractivity contribution in [2.45, 2.75) is 128 Å². The van der Waals surface area contributed by atoms with Gasteiger partial charge < -0.3 is 85.9 Å². The molecule has 9 amide bonds. The number of amides is 9. The van der Waals surface area contributed by atoms with Gasteiger partial charge in [0.15, 0.2) is 5.96 Å². The van der Waals surface area contributed by atoms with Gasteiger partial charge in [0, 0.05) is 6.54 Å². The van der Waals surface area contributed by atoms with Crippen LogP contribution in [0.1, 0.15) is 73.1 Å². The number of aliphatic imine (C=N–C) groups is 1. The second-order valence-electron chi connectivity index (χ2n) is 16.3. The van der Waals surface area contributed by atoms with Crippen molar-refractivity contribution in [1.82, 2.24) is 42.5 Å². The Morgan fingerprint density at radius 2 is 1.06 bits per heavy atom. The lowest BCUT2D eigenvalue weighted by Gasteiger charge is -2.28. The molecule has 0 bridgehead atoms. The molecule has 0 saturated carbocycles. The Morgan fingerprint density at radius 3 is 1.54 bits per heavy atom. The average molecular weight is 978 g/mol. The predicted molar refractivity (Wildman–Crippen MR) is 244 cm³/mol. The summed E-state index contributed by atoms with van der Waals surface area (Å²) in [6, 6.07) is -12.0. The summed E-state index contributed by atoms with van der Waals surface area (Å²) in [5.41, 5.74) is 21.7. The molecule has 0 heterocycles. The molecule has 0 aromatic carbocycles. The van der Waals surface area contributed by atoms with E-state index in [1.165, 1.54) is 11.8 Å². The standard InChI is InChI=1S/C39H71N13O14S/c1-18(2)12-23(33(60)47-22(38(65)66)8-7-10-44-39(42)43)46-29(57)15-45-32(59)26(16-53)51-37(64)30(20(5)55)52-35(62)25(14-28(41)56)49-34(61)24(13-19(3)4)48-36(63)27(17-54)50-31(58)21(40)9-11-67-6/h18-27,30,53-55H,7-17,40H2,1-6H3,(H2,41,56)(H,45,59)(H,46,57)(H,47,60)(H,48,63)(H,49,61)(H,50,58)(H,51,64)(H,52,62)(H,65,66)(H4,42,43,44)/t20-,21+,22+,23+,24+,25+,26+,27+,30+/m1/s1. The first-order chi connectivity index (χ1) is 31.3. The van der Waals surface area contributed by atoms with E-state index in [2.05, 4.69) is 47.5 Å². The number of carbonyl (C=O) groups excluding carboxylic acids is 9. The summed E-state index contributed by atoms with van der Waals surface area (Å²) in [6.45, 7) is 5.32. The third-order valence-electron chi connectivity index (χ3n) is 9.38. The Balaban J connectivity index is 5.91. The Bertz CT molecular complexity index is 1720. The number of aliphatic hydroxyl groups is 3. The summed E-state index contributed by atoms with van der Waals surface area (Å²) >= 11 is 1.44. The number of carbonyl (C=O) groups is 10. The molecule has 0 aliphatic rings. The Morgan fingerprint density at radius 1 is 0.597 bits per heavy atom. The lowest BCUT2D eigenvalue weighted by atomic mass is 10.0. The van der Waals surface area contributed by atoms with Crippen LogP contribution in [0, 0.1) is 11.8 Å². The number of carboxylic acids is 1. The summed E-state index contributed by atoms with van der Waals surface area (Å²) in [5, 5.41) is 58.1. The van der Waals surface area contributed by atoms with Gasteiger partial charge >= 0.3 is 5.97 Å². The van der Waals surface area contributed by atoms with E-state index in [0.717, 1.165) is 6.92 Å². The lowest BCUT2D eigenvalue weighted by molar-refractivity contribution is -0.142. The lowest BCUT2D eigenvalue weighted by Crippen LogP contribution is -2.62. The Hall–Kier alpha value is -5.84. The van der Waals surface area contributed by atoms with Gasteiger partial charge in [0.25, 0.3) is 0 Å². The fourth-order valence-corrected chi connectivity index (χ4v) is 6.38. The van der Waals surface area contributed by atoms with Crippen LogP contribution in [-0.4, -0.2) is 178 Å². The van der Waals surface area contributed by atoms with Gasteiger partial charge in [-0.2, -0.15) is 11.8 Å². The fourth-order valence-electron chi connectivity index (χ4n) is 5.89. The molecule has 0 fully saturated rings. The molecule has 0 saturated heterocycles. The molecule has 0 aliphatic heterocycles. The van der Waals surface area contributed by atoms with E-state index in [0.29, 0.717) is 5.75 Å². The first-order valence-corrected chi connectivity index (χ1v) is 22.8. The second-order valence-corrected chi connectivity index (χ2v) is 17.3. The first-order valence-electron chi connectivity index (χ1n) is 21.4. The zero-order valence-corrected chi connectivity index (χ0v) is 39.5. The number of nitrogens with zero attached hydrogens (tertiary/aromatic N) is 1. The first kappa shape index (κ1) is 61.2. The highest BCUT2D eigenvalue weighted by Gasteiger charge is 2.35. The maximum Gasteiger partial charge on any atom is 0.326 e. The number of primary amides is 1. The zero-order chi connectivity index (χ0) is 51.6. The molecule has 0 aromatic rings. The number of thioether (sulfide) groups is 1. The van der Waals surface area contributed by atoms with Crippen molar-refractivity contribution in [3.63, 3.8) is 0 Å². The molecular formula is C39H71N13O14S. The molecule has 0 rings (SSSR count). The number of aliphatic hydroxyl groups excluding tert-OH is 3. The minimum Gasteiger partial charge on any atom is -0.480 e. The van der Waals surface area contributed by atoms with Gasteiger partial charge in [-0.15, -0.1) is 0 Å². The topological polar surface area (TPSA) is 464 Å². The van der Waals surface area contributed by atoms with E-state index in [4.69, 9.17) is 22.9 Å². The highest BCUT2D eigenvalue weighted by atomic mass is 32.2. The van der Waals surface area contributed by atoms with Crippen molar-refractivity contribution >= 4 is 76.9 Å². The number of hydrogen-bond donors (Lipinski definition) is 16. The van der Waals surface area contributed by atoms with Crippen LogP contribution in [0.25, 0.3) is 0 Å². The van der Waals surface area contributed by atoms with Gasteiger partial charge in [-0.1, -0.05) is 27.7 Å². The van der Waals surface area contributed by atoms with E-state index < -0.39 is 140 Å².